The van der Waals surface area contributed by atoms with Crippen LogP contribution in [0.5, 0.6) is 0 Å². The third-order valence-corrected chi connectivity index (χ3v) is 4.33. The van der Waals surface area contributed by atoms with Crippen LogP contribution in [0.2, 0.25) is 5.02 Å². The average molecular weight is 313 g/mol. The number of piperidine rings is 1. The molecule has 0 bridgehead atoms. The molecule has 0 saturated carbocycles. The van der Waals surface area contributed by atoms with Crippen LogP contribution in [0.15, 0.2) is 59.6 Å². The van der Waals surface area contributed by atoms with E-state index in [0.717, 1.165) is 44.0 Å². The van der Waals surface area contributed by atoms with Crippen molar-refractivity contribution in [3.8, 4) is 0 Å². The van der Waals surface area contributed by atoms with E-state index in [9.17, 15) is 0 Å². The van der Waals surface area contributed by atoms with Gasteiger partial charge < -0.3 is 0 Å². The molecule has 1 heterocycles. The Hall–Kier alpha value is -1.64. The van der Waals surface area contributed by atoms with Crippen molar-refractivity contribution in [3.05, 3.63) is 70.7 Å². The lowest BCUT2D eigenvalue weighted by molar-refractivity contribution is 0.266. The van der Waals surface area contributed by atoms with Crippen molar-refractivity contribution < 1.29 is 0 Å². The second-order valence-electron chi connectivity index (χ2n) is 5.77. The van der Waals surface area contributed by atoms with Gasteiger partial charge in [-0.25, -0.2) is 0 Å². The van der Waals surface area contributed by atoms with Gasteiger partial charge >= 0.3 is 0 Å². The summed E-state index contributed by atoms with van der Waals surface area (Å²) < 4.78 is 0. The molecule has 0 aromatic heterocycles. The summed E-state index contributed by atoms with van der Waals surface area (Å²) in [6.07, 6.45) is 2.17. The van der Waals surface area contributed by atoms with Gasteiger partial charge in [0, 0.05) is 30.4 Å². The molecule has 1 saturated heterocycles. The minimum atomic E-state index is 0.769. The predicted octanol–water partition coefficient (Wildman–Crippen LogP) is 4.58. The van der Waals surface area contributed by atoms with Crippen LogP contribution in [-0.4, -0.2) is 23.7 Å². The molecule has 2 nitrogen and oxygen atoms in total. The zero-order chi connectivity index (χ0) is 15.2. The third-order valence-electron chi connectivity index (χ3n) is 4.08. The predicted molar refractivity (Wildman–Crippen MR) is 93.5 cm³/mol. The highest BCUT2D eigenvalue weighted by Gasteiger charge is 2.14. The minimum absolute atomic E-state index is 0.769. The van der Waals surface area contributed by atoms with Crippen LogP contribution in [0.25, 0.3) is 0 Å². The monoisotopic (exact) mass is 312 g/mol. The Morgan fingerprint density at radius 1 is 0.864 bits per heavy atom. The zero-order valence-corrected chi connectivity index (χ0v) is 13.5. The molecule has 2 aromatic rings. The lowest BCUT2D eigenvalue weighted by atomic mass is 10.1. The minimum Gasteiger partial charge on any atom is -0.298 e. The summed E-state index contributed by atoms with van der Waals surface area (Å²) in [5.74, 6) is 0. The summed E-state index contributed by atoms with van der Waals surface area (Å²) in [5, 5.41) is 0.783. The third kappa shape index (κ3) is 4.43. The largest absolute Gasteiger partial charge is 0.298 e. The molecule has 0 unspecified atom stereocenters. The van der Waals surface area contributed by atoms with Crippen LogP contribution in [0, 0.1) is 0 Å². The number of hydrogen-bond donors (Lipinski definition) is 0. The Morgan fingerprint density at radius 2 is 1.55 bits per heavy atom. The molecular weight excluding hydrogens is 292 g/mol. The smallest absolute Gasteiger partial charge is 0.0639 e. The van der Waals surface area contributed by atoms with Gasteiger partial charge in [-0.05, 0) is 36.1 Å². The number of aliphatic imine (C=N–C) groups is 1. The molecule has 1 fully saturated rings. The van der Waals surface area contributed by atoms with Crippen molar-refractivity contribution >= 4 is 17.3 Å². The SMILES string of the molecule is Clc1ccc(CN=C2CCN(Cc3ccccc3)CC2)cc1. The van der Waals surface area contributed by atoms with E-state index in [1.807, 2.05) is 12.1 Å². The standard InChI is InChI=1S/C19H21ClN2/c20-18-8-6-16(7-9-18)14-21-19-10-12-22(13-11-19)15-17-4-2-1-3-5-17/h1-9H,10-15H2. The van der Waals surface area contributed by atoms with Gasteiger partial charge in [0.15, 0.2) is 0 Å². The Balaban J connectivity index is 1.49. The lowest BCUT2D eigenvalue weighted by Crippen LogP contribution is -2.33. The summed E-state index contributed by atoms with van der Waals surface area (Å²) in [7, 11) is 0. The normalized spacial score (nSPS) is 15.8. The number of likely N-dealkylation sites (tertiary alicyclic amines) is 1. The molecule has 0 amide bonds. The molecule has 1 aliphatic rings. The molecule has 0 aliphatic carbocycles. The molecule has 3 rings (SSSR count). The summed E-state index contributed by atoms with van der Waals surface area (Å²) in [5.41, 5.74) is 3.96. The van der Waals surface area contributed by atoms with Gasteiger partial charge in [0.1, 0.15) is 0 Å². The quantitative estimate of drug-likeness (QED) is 0.807. The number of nitrogens with zero attached hydrogens (tertiary/aromatic N) is 2. The highest BCUT2D eigenvalue weighted by molar-refractivity contribution is 6.30. The fourth-order valence-corrected chi connectivity index (χ4v) is 2.89. The van der Waals surface area contributed by atoms with Crippen molar-refractivity contribution in [3.63, 3.8) is 0 Å². The Labute approximate surface area is 137 Å². The van der Waals surface area contributed by atoms with Gasteiger partial charge in [0.25, 0.3) is 0 Å². The second kappa shape index (κ2) is 7.57. The zero-order valence-electron chi connectivity index (χ0n) is 12.7. The summed E-state index contributed by atoms with van der Waals surface area (Å²) >= 11 is 5.90. The van der Waals surface area contributed by atoms with Crippen molar-refractivity contribution in [2.24, 2.45) is 4.99 Å². The van der Waals surface area contributed by atoms with E-state index in [1.54, 1.807) is 0 Å². The molecule has 114 valence electrons. The highest BCUT2D eigenvalue weighted by Crippen LogP contribution is 2.14. The summed E-state index contributed by atoms with van der Waals surface area (Å²) in [6.45, 7) is 4.03. The van der Waals surface area contributed by atoms with Crippen LogP contribution >= 0.6 is 11.6 Å². The molecule has 1 aliphatic heterocycles. The number of halogens is 1. The maximum atomic E-state index is 5.90. The van der Waals surface area contributed by atoms with E-state index in [-0.39, 0.29) is 0 Å². The number of hydrogen-bond acceptors (Lipinski definition) is 2. The highest BCUT2D eigenvalue weighted by atomic mass is 35.5. The van der Waals surface area contributed by atoms with Crippen LogP contribution in [0.4, 0.5) is 0 Å². The van der Waals surface area contributed by atoms with Gasteiger partial charge in [-0.1, -0.05) is 54.1 Å². The van der Waals surface area contributed by atoms with E-state index >= 15 is 0 Å². The first-order chi connectivity index (χ1) is 10.8. The van der Waals surface area contributed by atoms with Crippen LogP contribution in [0.3, 0.4) is 0 Å². The first kappa shape index (κ1) is 15.3. The van der Waals surface area contributed by atoms with Crippen LogP contribution < -0.4 is 0 Å². The van der Waals surface area contributed by atoms with E-state index in [4.69, 9.17) is 16.6 Å². The molecule has 0 atom stereocenters. The molecule has 0 N–H and O–H groups in total. The molecule has 2 aromatic carbocycles. The van der Waals surface area contributed by atoms with Gasteiger partial charge in [0.2, 0.25) is 0 Å². The van der Waals surface area contributed by atoms with Crippen molar-refractivity contribution in [2.75, 3.05) is 13.1 Å². The van der Waals surface area contributed by atoms with Crippen molar-refractivity contribution in [1.82, 2.24) is 4.90 Å². The lowest BCUT2D eigenvalue weighted by Gasteiger charge is -2.27. The fraction of sp³-hybridized carbons (Fsp3) is 0.316. The summed E-state index contributed by atoms with van der Waals surface area (Å²) in [6, 6.07) is 18.7. The average Bonchev–Trinajstić information content (AvgIpc) is 2.57. The topological polar surface area (TPSA) is 15.6 Å². The first-order valence-corrected chi connectivity index (χ1v) is 8.20. The number of benzene rings is 2. The molecule has 0 radical (unpaired) electrons. The number of rotatable bonds is 4. The molecule has 22 heavy (non-hydrogen) atoms. The maximum Gasteiger partial charge on any atom is 0.0639 e. The Kier molecular flexibility index (Phi) is 5.25. The summed E-state index contributed by atoms with van der Waals surface area (Å²) in [4.78, 5) is 7.28. The Bertz CT molecular complexity index is 610. The second-order valence-corrected chi connectivity index (χ2v) is 6.21. The Morgan fingerprint density at radius 3 is 2.23 bits per heavy atom. The van der Waals surface area contributed by atoms with E-state index in [0.29, 0.717) is 0 Å². The van der Waals surface area contributed by atoms with Gasteiger partial charge in [-0.3, -0.25) is 9.89 Å². The van der Waals surface area contributed by atoms with E-state index in [1.165, 1.54) is 16.8 Å². The molecular formula is C19H21ClN2. The van der Waals surface area contributed by atoms with Crippen molar-refractivity contribution in [1.29, 1.82) is 0 Å². The van der Waals surface area contributed by atoms with Crippen LogP contribution in [-0.2, 0) is 13.1 Å². The van der Waals surface area contributed by atoms with Gasteiger partial charge in [0.05, 0.1) is 6.54 Å². The van der Waals surface area contributed by atoms with E-state index < -0.39 is 0 Å². The maximum absolute atomic E-state index is 5.90. The molecule has 0 spiro atoms. The van der Waals surface area contributed by atoms with Gasteiger partial charge in [-0.2, -0.15) is 0 Å². The first-order valence-electron chi connectivity index (χ1n) is 7.82. The van der Waals surface area contributed by atoms with Gasteiger partial charge in [-0.15, -0.1) is 0 Å². The van der Waals surface area contributed by atoms with Crippen LogP contribution in [0.1, 0.15) is 24.0 Å². The van der Waals surface area contributed by atoms with E-state index in [2.05, 4.69) is 47.4 Å². The van der Waals surface area contributed by atoms with Crippen molar-refractivity contribution in [2.45, 2.75) is 25.9 Å². The fourth-order valence-electron chi connectivity index (χ4n) is 2.76. The molecule has 3 heteroatoms.